The van der Waals surface area contributed by atoms with Gasteiger partial charge in [0, 0.05) is 57.7 Å². The highest BCUT2D eigenvalue weighted by Crippen LogP contribution is 2.39. The van der Waals surface area contributed by atoms with Gasteiger partial charge in [0.1, 0.15) is 5.82 Å². The SMILES string of the molecule is Cc1nn(C)cc1-c1ccc(N[C@H]2C[C@@H]3CN(CC4CCOCC4)C[C@@H]3C2)nn1. The van der Waals surface area contributed by atoms with Gasteiger partial charge in [0.2, 0.25) is 0 Å². The number of nitrogens with one attached hydrogen (secondary N) is 1. The Kier molecular flexibility index (Phi) is 5.26. The van der Waals surface area contributed by atoms with E-state index < -0.39 is 0 Å². The smallest absolute Gasteiger partial charge is 0.148 e. The summed E-state index contributed by atoms with van der Waals surface area (Å²) in [6.07, 6.45) is 6.98. The summed E-state index contributed by atoms with van der Waals surface area (Å²) >= 11 is 0. The van der Waals surface area contributed by atoms with E-state index >= 15 is 0 Å². The molecule has 2 aromatic rings. The molecule has 0 bridgehead atoms. The quantitative estimate of drug-likeness (QED) is 0.838. The van der Waals surface area contributed by atoms with Gasteiger partial charge in [0.05, 0.1) is 11.4 Å². The van der Waals surface area contributed by atoms with Crippen molar-refractivity contribution < 1.29 is 4.74 Å². The fraction of sp³-hybridized carbons (Fsp3) is 0.682. The van der Waals surface area contributed by atoms with Gasteiger partial charge in [-0.05, 0) is 62.5 Å². The van der Waals surface area contributed by atoms with Crippen LogP contribution in [0.3, 0.4) is 0 Å². The molecule has 1 aliphatic carbocycles. The molecular weight excluding hydrogens is 364 g/mol. The van der Waals surface area contributed by atoms with Crippen molar-refractivity contribution in [2.45, 2.75) is 38.6 Å². The molecule has 1 N–H and O–H groups in total. The van der Waals surface area contributed by atoms with Crippen LogP contribution in [0.1, 0.15) is 31.4 Å². The number of hydrogen-bond donors (Lipinski definition) is 1. The Labute approximate surface area is 172 Å². The van der Waals surface area contributed by atoms with E-state index in [1.54, 1.807) is 0 Å². The fourth-order valence-corrected chi connectivity index (χ4v) is 5.57. The lowest BCUT2D eigenvalue weighted by atomic mass is 10.00. The summed E-state index contributed by atoms with van der Waals surface area (Å²) in [4.78, 5) is 2.71. The van der Waals surface area contributed by atoms with Gasteiger partial charge in [-0.3, -0.25) is 4.68 Å². The van der Waals surface area contributed by atoms with E-state index in [0.717, 1.165) is 53.7 Å². The average molecular weight is 397 g/mol. The molecule has 0 aromatic carbocycles. The molecular formula is C22H32N6O. The van der Waals surface area contributed by atoms with Crippen LogP contribution in [0.15, 0.2) is 18.3 Å². The van der Waals surface area contributed by atoms with Crippen LogP contribution in [0.4, 0.5) is 5.82 Å². The van der Waals surface area contributed by atoms with Gasteiger partial charge >= 0.3 is 0 Å². The van der Waals surface area contributed by atoms with Crippen molar-refractivity contribution >= 4 is 5.82 Å². The Bertz CT molecular complexity index is 814. The number of nitrogens with zero attached hydrogens (tertiary/aromatic N) is 5. The van der Waals surface area contributed by atoms with Crippen molar-refractivity contribution in [1.29, 1.82) is 0 Å². The van der Waals surface area contributed by atoms with Crippen LogP contribution < -0.4 is 5.32 Å². The highest BCUT2D eigenvalue weighted by molar-refractivity contribution is 5.61. The fourth-order valence-electron chi connectivity index (χ4n) is 5.57. The molecule has 0 radical (unpaired) electrons. The zero-order valence-electron chi connectivity index (χ0n) is 17.5. The molecule has 3 aliphatic rings. The minimum Gasteiger partial charge on any atom is -0.381 e. The molecule has 5 rings (SSSR count). The topological polar surface area (TPSA) is 68.1 Å². The molecule has 7 nitrogen and oxygen atoms in total. The van der Waals surface area contributed by atoms with Gasteiger partial charge in [0.15, 0.2) is 0 Å². The van der Waals surface area contributed by atoms with Crippen LogP contribution in [-0.2, 0) is 11.8 Å². The second-order valence-corrected chi connectivity index (χ2v) is 9.21. The van der Waals surface area contributed by atoms with Crippen LogP contribution in [-0.4, -0.2) is 63.8 Å². The lowest BCUT2D eigenvalue weighted by Gasteiger charge is -2.27. The van der Waals surface area contributed by atoms with Gasteiger partial charge < -0.3 is 15.0 Å². The van der Waals surface area contributed by atoms with Gasteiger partial charge in [-0.25, -0.2) is 0 Å². The van der Waals surface area contributed by atoms with E-state index in [-0.39, 0.29) is 0 Å². The Hall–Kier alpha value is -1.99. The van der Waals surface area contributed by atoms with E-state index in [9.17, 15) is 0 Å². The first-order chi connectivity index (χ1) is 14.1. The number of anilines is 1. The van der Waals surface area contributed by atoms with Crippen molar-refractivity contribution in [2.75, 3.05) is 38.2 Å². The third kappa shape index (κ3) is 4.16. The molecule has 0 spiro atoms. The van der Waals surface area contributed by atoms with Gasteiger partial charge in [-0.1, -0.05) is 0 Å². The summed E-state index contributed by atoms with van der Waals surface area (Å²) in [7, 11) is 1.93. The van der Waals surface area contributed by atoms with Crippen molar-refractivity contribution in [3.05, 3.63) is 24.0 Å². The largest absolute Gasteiger partial charge is 0.381 e. The summed E-state index contributed by atoms with van der Waals surface area (Å²) < 4.78 is 7.33. The number of ether oxygens (including phenoxy) is 1. The standard InChI is InChI=1S/C22H32N6O/c1-15-20(14-27(2)26-15)21-3-4-22(25-24-21)23-19-9-17-12-28(13-18(17)10-19)11-16-5-7-29-8-6-16/h3-4,14,16-19H,5-13H2,1-2H3,(H,23,25)/t17-,18+,19+. The third-order valence-corrected chi connectivity index (χ3v) is 6.99. The van der Waals surface area contributed by atoms with Crippen LogP contribution in [0.25, 0.3) is 11.3 Å². The van der Waals surface area contributed by atoms with E-state index in [1.807, 2.05) is 30.9 Å². The number of likely N-dealkylation sites (tertiary alicyclic amines) is 1. The zero-order chi connectivity index (χ0) is 19.8. The Morgan fingerprint density at radius 2 is 1.86 bits per heavy atom. The summed E-state index contributed by atoms with van der Waals surface area (Å²) in [6, 6.07) is 4.63. The maximum atomic E-state index is 5.51. The first-order valence-electron chi connectivity index (χ1n) is 11.0. The van der Waals surface area contributed by atoms with E-state index in [1.165, 1.54) is 45.3 Å². The van der Waals surface area contributed by atoms with Gasteiger partial charge in [-0.2, -0.15) is 5.10 Å². The highest BCUT2D eigenvalue weighted by Gasteiger charge is 2.41. The van der Waals surface area contributed by atoms with Crippen molar-refractivity contribution in [2.24, 2.45) is 24.8 Å². The molecule has 29 heavy (non-hydrogen) atoms. The molecule has 0 unspecified atom stereocenters. The predicted molar refractivity (Wildman–Crippen MR) is 113 cm³/mol. The molecule has 1 saturated carbocycles. The number of fused-ring (bicyclic) bond motifs is 1. The maximum Gasteiger partial charge on any atom is 0.148 e. The summed E-state index contributed by atoms with van der Waals surface area (Å²) in [5, 5.41) is 16.9. The maximum absolute atomic E-state index is 5.51. The molecule has 2 aromatic heterocycles. The summed E-state index contributed by atoms with van der Waals surface area (Å²) in [5.74, 6) is 3.39. The monoisotopic (exact) mass is 396 g/mol. The number of aromatic nitrogens is 4. The minimum absolute atomic E-state index is 0.524. The summed E-state index contributed by atoms with van der Waals surface area (Å²) in [5.41, 5.74) is 2.91. The normalized spacial score (nSPS) is 28.0. The number of hydrogen-bond acceptors (Lipinski definition) is 6. The van der Waals surface area contributed by atoms with Crippen molar-refractivity contribution in [3.63, 3.8) is 0 Å². The lowest BCUT2D eigenvalue weighted by Crippen LogP contribution is -2.32. The molecule has 2 saturated heterocycles. The first kappa shape index (κ1) is 19.0. The lowest BCUT2D eigenvalue weighted by molar-refractivity contribution is 0.0545. The zero-order valence-corrected chi connectivity index (χ0v) is 17.5. The van der Waals surface area contributed by atoms with Crippen LogP contribution >= 0.6 is 0 Å². The first-order valence-corrected chi connectivity index (χ1v) is 11.0. The van der Waals surface area contributed by atoms with E-state index in [0.29, 0.717) is 6.04 Å². The van der Waals surface area contributed by atoms with Crippen molar-refractivity contribution in [3.8, 4) is 11.3 Å². The Balaban J connectivity index is 1.13. The second kappa shape index (κ2) is 8.03. The van der Waals surface area contributed by atoms with Crippen LogP contribution in [0.2, 0.25) is 0 Å². The van der Waals surface area contributed by atoms with Crippen LogP contribution in [0.5, 0.6) is 0 Å². The number of rotatable bonds is 5. The Morgan fingerprint density at radius 3 is 2.48 bits per heavy atom. The van der Waals surface area contributed by atoms with E-state index in [2.05, 4.69) is 31.6 Å². The van der Waals surface area contributed by atoms with Crippen LogP contribution in [0, 0.1) is 24.7 Å². The minimum atomic E-state index is 0.524. The molecule has 156 valence electrons. The van der Waals surface area contributed by atoms with Crippen molar-refractivity contribution in [1.82, 2.24) is 24.9 Å². The molecule has 4 heterocycles. The summed E-state index contributed by atoms with van der Waals surface area (Å²) in [6.45, 7) is 7.73. The molecule has 3 atom stereocenters. The average Bonchev–Trinajstić information content (AvgIpc) is 3.36. The van der Waals surface area contributed by atoms with E-state index in [4.69, 9.17) is 4.74 Å². The molecule has 7 heteroatoms. The molecule has 0 amide bonds. The highest BCUT2D eigenvalue weighted by atomic mass is 16.5. The van der Waals surface area contributed by atoms with Gasteiger partial charge in [-0.15, -0.1) is 10.2 Å². The molecule has 2 aliphatic heterocycles. The third-order valence-electron chi connectivity index (χ3n) is 6.99. The molecule has 3 fully saturated rings. The predicted octanol–water partition coefficient (Wildman–Crippen LogP) is 2.73. The second-order valence-electron chi connectivity index (χ2n) is 9.21. The number of aryl methyl sites for hydroxylation is 2. The van der Waals surface area contributed by atoms with Gasteiger partial charge in [0.25, 0.3) is 0 Å². The Morgan fingerprint density at radius 1 is 1.10 bits per heavy atom.